The number of carbonyl (C=O) groups is 4. The quantitative estimate of drug-likeness (QED) is 0.674. The van der Waals surface area contributed by atoms with E-state index in [4.69, 9.17) is 8.85 Å². The monoisotopic (exact) mass is 426 g/mol. The second-order valence-corrected chi connectivity index (χ2v) is 18.0. The number of hydrogen-bond donors (Lipinski definition) is 1. The first kappa shape index (κ1) is 22.3. The van der Waals surface area contributed by atoms with Gasteiger partial charge in [0.2, 0.25) is 28.4 Å². The Morgan fingerprint density at radius 2 is 1.61 bits per heavy atom. The summed E-state index contributed by atoms with van der Waals surface area (Å²) >= 11 is 0. The molecular formula is C18H30N2O6Si2. The number of fused-ring (bicyclic) bond motifs is 1. The maximum absolute atomic E-state index is 13.0. The molecule has 0 aliphatic carbocycles. The van der Waals surface area contributed by atoms with Gasteiger partial charge in [-0.05, 0) is 52.1 Å². The highest BCUT2D eigenvalue weighted by molar-refractivity contribution is 6.71. The van der Waals surface area contributed by atoms with Crippen molar-refractivity contribution >= 4 is 40.4 Å². The molecular weight excluding hydrogens is 396 g/mol. The number of allylic oxidation sites excluding steroid dienone is 1. The van der Waals surface area contributed by atoms with Gasteiger partial charge in [0.25, 0.3) is 0 Å². The van der Waals surface area contributed by atoms with E-state index in [1.807, 2.05) is 39.3 Å². The summed E-state index contributed by atoms with van der Waals surface area (Å²) in [7, 11) is -4.29. The Bertz CT molecular complexity index is 735. The molecule has 0 aromatic heterocycles. The predicted octanol–water partition coefficient (Wildman–Crippen LogP) is 1.90. The third kappa shape index (κ3) is 5.31. The molecule has 2 aliphatic heterocycles. The summed E-state index contributed by atoms with van der Waals surface area (Å²) in [5, 5.41) is 2.60. The molecule has 2 atom stereocenters. The van der Waals surface area contributed by atoms with Gasteiger partial charge in [-0.25, -0.2) is 4.79 Å². The van der Waals surface area contributed by atoms with E-state index in [2.05, 4.69) is 5.32 Å². The molecule has 1 N–H and O–H groups in total. The fourth-order valence-corrected chi connectivity index (χ4v) is 4.78. The smallest absolute Gasteiger partial charge is 0.322 e. The normalized spacial score (nSPS) is 22.7. The van der Waals surface area contributed by atoms with Crippen molar-refractivity contribution in [1.82, 2.24) is 10.2 Å². The van der Waals surface area contributed by atoms with Crippen LogP contribution in [0.4, 0.5) is 0 Å². The van der Waals surface area contributed by atoms with Crippen LogP contribution in [0.25, 0.3) is 0 Å². The van der Waals surface area contributed by atoms with Crippen LogP contribution < -0.4 is 5.32 Å². The topological polar surface area (TPSA) is 102 Å². The lowest BCUT2D eigenvalue weighted by Crippen LogP contribution is -2.55. The molecule has 2 rings (SSSR count). The summed E-state index contributed by atoms with van der Waals surface area (Å²) in [5.41, 5.74) is 0.886. The summed E-state index contributed by atoms with van der Waals surface area (Å²) in [6.07, 6.45) is 0.879. The van der Waals surface area contributed by atoms with Crippen LogP contribution >= 0.6 is 0 Å². The average Bonchev–Trinajstić information content (AvgIpc) is 2.91. The van der Waals surface area contributed by atoms with Crippen molar-refractivity contribution in [2.45, 2.75) is 77.6 Å². The molecule has 0 unspecified atom stereocenters. The van der Waals surface area contributed by atoms with Crippen LogP contribution in [0.15, 0.2) is 11.3 Å². The van der Waals surface area contributed by atoms with Crippen LogP contribution in [0.3, 0.4) is 0 Å². The highest BCUT2D eigenvalue weighted by Crippen LogP contribution is 2.37. The van der Waals surface area contributed by atoms with E-state index in [1.165, 1.54) is 11.8 Å². The number of nitrogens with zero attached hydrogens (tertiary/aromatic N) is 1. The molecule has 1 fully saturated rings. The van der Waals surface area contributed by atoms with Crippen LogP contribution in [-0.2, 0) is 28.0 Å². The van der Waals surface area contributed by atoms with E-state index in [9.17, 15) is 19.2 Å². The molecule has 28 heavy (non-hydrogen) atoms. The number of nitrogens with one attached hydrogen (secondary N) is 1. The molecule has 0 aromatic carbocycles. The van der Waals surface area contributed by atoms with Crippen molar-refractivity contribution in [2.75, 3.05) is 0 Å². The Kier molecular flexibility index (Phi) is 6.24. The first-order valence-electron chi connectivity index (χ1n) is 9.48. The highest BCUT2D eigenvalue weighted by Gasteiger charge is 2.48. The van der Waals surface area contributed by atoms with Crippen molar-refractivity contribution in [3.8, 4) is 0 Å². The number of amides is 2. The standard InChI is InChI=1S/C18H30N2O6Si2/c1-11(21)19-13-10-12(17(23)25-27(2,3)4)14-8-9-15(20(14)16(13)22)18(24)26-28(5,6)7/h13,15H,8-10H2,1-7H3,(H,19,21)/t13-,15-/m1/s1. The van der Waals surface area contributed by atoms with Crippen LogP contribution in [0, 0.1) is 0 Å². The zero-order chi connectivity index (χ0) is 21.4. The molecule has 10 heteroatoms. The van der Waals surface area contributed by atoms with Gasteiger partial charge in [-0.15, -0.1) is 0 Å². The summed E-state index contributed by atoms with van der Waals surface area (Å²) in [6, 6.07) is -1.67. The molecule has 2 aliphatic rings. The molecule has 2 amide bonds. The van der Waals surface area contributed by atoms with Crippen molar-refractivity contribution in [1.29, 1.82) is 0 Å². The molecule has 0 spiro atoms. The Balaban J connectivity index is 2.41. The first-order valence-corrected chi connectivity index (χ1v) is 16.3. The van der Waals surface area contributed by atoms with Gasteiger partial charge in [0.15, 0.2) is 0 Å². The molecule has 0 bridgehead atoms. The van der Waals surface area contributed by atoms with Crippen LogP contribution in [-0.4, -0.2) is 57.4 Å². The molecule has 0 saturated carbocycles. The van der Waals surface area contributed by atoms with Crippen molar-refractivity contribution in [3.63, 3.8) is 0 Å². The summed E-state index contributed by atoms with van der Waals surface area (Å²) in [4.78, 5) is 51.4. The summed E-state index contributed by atoms with van der Waals surface area (Å²) < 4.78 is 11.2. The molecule has 1 saturated heterocycles. The van der Waals surface area contributed by atoms with Gasteiger partial charge in [0, 0.05) is 19.0 Å². The van der Waals surface area contributed by atoms with Crippen LogP contribution in [0.2, 0.25) is 39.3 Å². The minimum Gasteiger partial charge on any atom is -0.518 e. The molecule has 8 nitrogen and oxygen atoms in total. The lowest BCUT2D eigenvalue weighted by atomic mass is 9.97. The first-order chi connectivity index (χ1) is 12.7. The van der Waals surface area contributed by atoms with Crippen LogP contribution in [0.1, 0.15) is 26.2 Å². The van der Waals surface area contributed by atoms with E-state index < -0.39 is 40.7 Å². The van der Waals surface area contributed by atoms with Gasteiger partial charge < -0.3 is 14.2 Å². The maximum Gasteiger partial charge on any atom is 0.322 e. The Labute approximate surface area is 167 Å². The van der Waals surface area contributed by atoms with E-state index >= 15 is 0 Å². The highest BCUT2D eigenvalue weighted by atomic mass is 28.4. The van der Waals surface area contributed by atoms with Crippen molar-refractivity contribution in [2.24, 2.45) is 0 Å². The van der Waals surface area contributed by atoms with E-state index in [0.29, 0.717) is 24.1 Å². The second kappa shape index (κ2) is 7.82. The van der Waals surface area contributed by atoms with Crippen molar-refractivity contribution in [3.05, 3.63) is 11.3 Å². The molecule has 156 valence electrons. The minimum absolute atomic E-state index is 0.0728. The second-order valence-electron chi connectivity index (χ2n) is 9.18. The number of carbonyl (C=O) groups excluding carboxylic acids is 4. The minimum atomic E-state index is -2.15. The Hall–Kier alpha value is -1.95. The van der Waals surface area contributed by atoms with Crippen LogP contribution in [0.5, 0.6) is 0 Å². The Morgan fingerprint density at radius 3 is 2.11 bits per heavy atom. The SMILES string of the molecule is CC(=O)N[C@@H]1CC(C(=O)O[Si](C)(C)C)=C2CC[C@H](C(=O)O[Si](C)(C)C)N2C1=O. The largest absolute Gasteiger partial charge is 0.518 e. The molecule has 0 radical (unpaired) electrons. The number of rotatable bonds is 5. The average molecular weight is 427 g/mol. The van der Waals surface area contributed by atoms with E-state index in [0.717, 1.165) is 0 Å². The van der Waals surface area contributed by atoms with Gasteiger partial charge >= 0.3 is 11.9 Å². The Morgan fingerprint density at radius 1 is 1.04 bits per heavy atom. The van der Waals surface area contributed by atoms with E-state index in [1.54, 1.807) is 0 Å². The fraction of sp³-hybridized carbons (Fsp3) is 0.667. The molecule has 2 heterocycles. The number of hydrogen-bond acceptors (Lipinski definition) is 6. The lowest BCUT2D eigenvalue weighted by molar-refractivity contribution is -0.147. The third-order valence-electron chi connectivity index (χ3n) is 4.25. The summed E-state index contributed by atoms with van der Waals surface area (Å²) in [6.45, 7) is 12.7. The zero-order valence-corrected chi connectivity index (χ0v) is 19.7. The van der Waals surface area contributed by atoms with Gasteiger partial charge in [-0.3, -0.25) is 19.3 Å². The van der Waals surface area contributed by atoms with Gasteiger partial charge in [0.1, 0.15) is 12.1 Å². The fourth-order valence-electron chi connectivity index (χ4n) is 3.36. The van der Waals surface area contributed by atoms with Gasteiger partial charge in [-0.2, -0.15) is 0 Å². The van der Waals surface area contributed by atoms with Crippen molar-refractivity contribution < 1.29 is 28.0 Å². The lowest BCUT2D eigenvalue weighted by Gasteiger charge is -2.35. The predicted molar refractivity (Wildman–Crippen MR) is 108 cm³/mol. The molecule has 0 aromatic rings. The zero-order valence-electron chi connectivity index (χ0n) is 17.7. The summed E-state index contributed by atoms with van der Waals surface area (Å²) in [5.74, 6) is -1.69. The van der Waals surface area contributed by atoms with E-state index in [-0.39, 0.29) is 18.2 Å². The van der Waals surface area contributed by atoms with Gasteiger partial charge in [0.05, 0.1) is 5.57 Å². The van der Waals surface area contributed by atoms with Gasteiger partial charge in [-0.1, -0.05) is 0 Å². The maximum atomic E-state index is 13.0. The third-order valence-corrected chi connectivity index (χ3v) is 5.86.